The summed E-state index contributed by atoms with van der Waals surface area (Å²) in [4.78, 5) is 12.1. The van der Waals surface area contributed by atoms with Crippen molar-refractivity contribution in [1.82, 2.24) is 0 Å². The second-order valence-corrected chi connectivity index (χ2v) is 9.17. The summed E-state index contributed by atoms with van der Waals surface area (Å²) in [5.41, 5.74) is 2.26. The SMILES string of the molecule is CC1C2(C)CC(O[Si])(C(c3ccccc3)=C2C=O)C1(C)C(C)(C)C. The van der Waals surface area contributed by atoms with Crippen molar-refractivity contribution in [1.29, 1.82) is 0 Å². The molecule has 1 saturated carbocycles. The smallest absolute Gasteiger partial charge is 0.247 e. The maximum Gasteiger partial charge on any atom is 0.247 e. The first-order chi connectivity index (χ1) is 11.1. The van der Waals surface area contributed by atoms with Gasteiger partial charge in [0.1, 0.15) is 6.29 Å². The van der Waals surface area contributed by atoms with Crippen molar-refractivity contribution in [2.75, 3.05) is 0 Å². The Kier molecular flexibility index (Phi) is 3.78. The third-order valence-electron chi connectivity index (χ3n) is 7.48. The first-order valence-corrected chi connectivity index (χ1v) is 9.11. The molecule has 0 amide bonds. The van der Waals surface area contributed by atoms with Crippen molar-refractivity contribution < 1.29 is 9.22 Å². The molecule has 0 heterocycles. The summed E-state index contributed by atoms with van der Waals surface area (Å²) in [5.74, 6) is 0.328. The van der Waals surface area contributed by atoms with Crippen LogP contribution >= 0.6 is 0 Å². The summed E-state index contributed by atoms with van der Waals surface area (Å²) in [5, 5.41) is 0. The van der Waals surface area contributed by atoms with E-state index in [1.807, 2.05) is 18.2 Å². The molecule has 0 N–H and O–H groups in total. The van der Waals surface area contributed by atoms with Gasteiger partial charge in [0.15, 0.2) is 0 Å². The second-order valence-electron chi connectivity index (χ2n) is 8.97. The number of fused-ring (bicyclic) bond motifs is 2. The fraction of sp³-hybridized carbons (Fsp3) is 0.571. The lowest BCUT2D eigenvalue weighted by Gasteiger charge is -2.57. The lowest BCUT2D eigenvalue weighted by Crippen LogP contribution is -2.56. The molecular formula is C21H27O2Si. The van der Waals surface area contributed by atoms with Crippen LogP contribution in [0.4, 0.5) is 0 Å². The monoisotopic (exact) mass is 339 g/mol. The van der Waals surface area contributed by atoms with Gasteiger partial charge in [0.25, 0.3) is 0 Å². The molecule has 1 fully saturated rings. The van der Waals surface area contributed by atoms with Gasteiger partial charge in [0.2, 0.25) is 10.5 Å². The van der Waals surface area contributed by atoms with Crippen LogP contribution in [0.5, 0.6) is 0 Å². The topological polar surface area (TPSA) is 26.3 Å². The third kappa shape index (κ3) is 1.78. The van der Waals surface area contributed by atoms with Crippen LogP contribution in [0.25, 0.3) is 5.57 Å². The number of hydrogen-bond donors (Lipinski definition) is 0. The van der Waals surface area contributed by atoms with Gasteiger partial charge in [-0.2, -0.15) is 0 Å². The average Bonchev–Trinajstić information content (AvgIpc) is 2.92. The van der Waals surface area contributed by atoms with Crippen LogP contribution in [0, 0.1) is 22.2 Å². The number of carbonyl (C=O) groups is 1. The van der Waals surface area contributed by atoms with Crippen molar-refractivity contribution in [3.05, 3.63) is 41.5 Å². The van der Waals surface area contributed by atoms with Gasteiger partial charge >= 0.3 is 0 Å². The number of hydrogen-bond acceptors (Lipinski definition) is 2. The predicted molar refractivity (Wildman–Crippen MR) is 98.4 cm³/mol. The van der Waals surface area contributed by atoms with Gasteiger partial charge in [-0.3, -0.25) is 4.79 Å². The summed E-state index contributed by atoms with van der Waals surface area (Å²) in [6.45, 7) is 13.7. The Labute approximate surface area is 149 Å². The average molecular weight is 340 g/mol. The fourth-order valence-electron chi connectivity index (χ4n) is 5.66. The Morgan fingerprint density at radius 3 is 2.25 bits per heavy atom. The summed E-state index contributed by atoms with van der Waals surface area (Å²) in [6.07, 6.45) is 1.89. The molecule has 1 aromatic rings. The molecule has 2 aliphatic rings. The predicted octanol–water partition coefficient (Wildman–Crippen LogP) is 4.59. The van der Waals surface area contributed by atoms with Crippen LogP contribution in [-0.2, 0) is 9.22 Å². The maximum absolute atomic E-state index is 12.1. The molecule has 0 saturated heterocycles. The minimum absolute atomic E-state index is 0.0191. The molecule has 3 radical (unpaired) electrons. The van der Waals surface area contributed by atoms with Crippen LogP contribution in [0.1, 0.15) is 53.5 Å². The zero-order valence-corrected chi connectivity index (χ0v) is 16.6. The van der Waals surface area contributed by atoms with Crippen molar-refractivity contribution in [2.45, 2.75) is 53.6 Å². The number of carbonyl (C=O) groups excluding carboxylic acids is 1. The lowest BCUT2D eigenvalue weighted by molar-refractivity contribution is -0.107. The van der Waals surface area contributed by atoms with E-state index in [0.29, 0.717) is 5.92 Å². The molecule has 2 bridgehead atoms. The van der Waals surface area contributed by atoms with E-state index in [-0.39, 0.29) is 16.2 Å². The van der Waals surface area contributed by atoms with Crippen molar-refractivity contribution in [3.8, 4) is 0 Å². The zero-order chi connectivity index (χ0) is 18.0. The van der Waals surface area contributed by atoms with E-state index in [9.17, 15) is 4.79 Å². The standard InChI is InChI=1S/C21H27O2Si/c1-14-19(5)13-21(23-24,20(14,6)18(2,3)4)17(16(19)12-22)15-10-8-7-9-11-15/h7-12,14H,13H2,1-6H3. The van der Waals surface area contributed by atoms with E-state index in [0.717, 1.165) is 29.4 Å². The van der Waals surface area contributed by atoms with Gasteiger partial charge in [0.05, 0.1) is 5.60 Å². The molecule has 24 heavy (non-hydrogen) atoms. The maximum atomic E-state index is 12.1. The molecule has 2 nitrogen and oxygen atoms in total. The van der Waals surface area contributed by atoms with Crippen LogP contribution in [0.2, 0.25) is 0 Å². The first kappa shape index (κ1) is 17.6. The second kappa shape index (κ2) is 5.15. The van der Waals surface area contributed by atoms with Crippen LogP contribution < -0.4 is 0 Å². The van der Waals surface area contributed by atoms with E-state index in [4.69, 9.17) is 4.43 Å². The van der Waals surface area contributed by atoms with E-state index < -0.39 is 5.60 Å². The molecule has 0 aliphatic heterocycles. The van der Waals surface area contributed by atoms with Gasteiger partial charge < -0.3 is 4.43 Å². The highest BCUT2D eigenvalue weighted by molar-refractivity contribution is 6.03. The van der Waals surface area contributed by atoms with E-state index >= 15 is 0 Å². The molecule has 3 rings (SSSR count). The van der Waals surface area contributed by atoms with Crippen LogP contribution in [-0.4, -0.2) is 22.4 Å². The van der Waals surface area contributed by atoms with E-state index in [1.54, 1.807) is 0 Å². The number of allylic oxidation sites excluding steroid dienone is 1. The van der Waals surface area contributed by atoms with Crippen LogP contribution in [0.3, 0.4) is 0 Å². The highest BCUT2D eigenvalue weighted by Gasteiger charge is 2.74. The molecular weight excluding hydrogens is 312 g/mol. The lowest BCUT2D eigenvalue weighted by atomic mass is 9.50. The van der Waals surface area contributed by atoms with Crippen molar-refractivity contribution >= 4 is 22.3 Å². The molecule has 127 valence electrons. The fourth-order valence-corrected chi connectivity index (χ4v) is 6.04. The number of aldehydes is 1. The normalized spacial score (nSPS) is 38.7. The number of rotatable bonds is 3. The minimum atomic E-state index is -0.520. The summed E-state index contributed by atoms with van der Waals surface area (Å²) in [6, 6.07) is 10.2. The molecule has 0 aromatic heterocycles. The third-order valence-corrected chi connectivity index (χ3v) is 7.83. The van der Waals surface area contributed by atoms with Gasteiger partial charge in [0, 0.05) is 16.4 Å². The molecule has 2 aliphatic carbocycles. The summed E-state index contributed by atoms with van der Waals surface area (Å²) >= 11 is 0. The van der Waals surface area contributed by atoms with Crippen molar-refractivity contribution in [3.63, 3.8) is 0 Å². The highest BCUT2D eigenvalue weighted by Crippen LogP contribution is 2.76. The number of benzene rings is 1. The molecule has 4 atom stereocenters. The van der Waals surface area contributed by atoms with Gasteiger partial charge in [-0.25, -0.2) is 0 Å². The van der Waals surface area contributed by atoms with E-state index in [2.05, 4.69) is 64.2 Å². The van der Waals surface area contributed by atoms with Gasteiger partial charge in [-0.15, -0.1) is 0 Å². The van der Waals surface area contributed by atoms with E-state index in [1.165, 1.54) is 0 Å². The quantitative estimate of drug-likeness (QED) is 0.595. The minimum Gasteiger partial charge on any atom is -0.408 e. The summed E-state index contributed by atoms with van der Waals surface area (Å²) in [7, 11) is 3.44. The Morgan fingerprint density at radius 2 is 1.79 bits per heavy atom. The Balaban J connectivity index is 2.39. The van der Waals surface area contributed by atoms with Crippen LogP contribution in [0.15, 0.2) is 35.9 Å². The Bertz CT molecular complexity index is 702. The molecule has 0 spiro atoms. The first-order valence-electron chi connectivity index (χ1n) is 8.71. The molecule has 3 heteroatoms. The molecule has 1 aromatic carbocycles. The Morgan fingerprint density at radius 1 is 1.21 bits per heavy atom. The summed E-state index contributed by atoms with van der Waals surface area (Å²) < 4.78 is 6.16. The van der Waals surface area contributed by atoms with Gasteiger partial charge in [-0.1, -0.05) is 71.9 Å². The molecule has 4 unspecified atom stereocenters. The van der Waals surface area contributed by atoms with Gasteiger partial charge in [-0.05, 0) is 28.9 Å². The Hall–Kier alpha value is -1.19. The van der Waals surface area contributed by atoms with Crippen molar-refractivity contribution in [2.24, 2.45) is 22.2 Å². The highest BCUT2D eigenvalue weighted by atomic mass is 28.2. The largest absolute Gasteiger partial charge is 0.408 e. The zero-order valence-electron chi connectivity index (χ0n) is 15.6.